The van der Waals surface area contributed by atoms with Crippen molar-refractivity contribution in [3.8, 4) is 6.07 Å². The molecule has 1 unspecified atom stereocenters. The first-order valence-electron chi connectivity index (χ1n) is 5.44. The molecule has 18 heavy (non-hydrogen) atoms. The zero-order chi connectivity index (χ0) is 13.8. The van der Waals surface area contributed by atoms with Gasteiger partial charge in [0.15, 0.2) is 5.92 Å². The van der Waals surface area contributed by atoms with Crippen LogP contribution >= 0.6 is 11.8 Å². The summed E-state index contributed by atoms with van der Waals surface area (Å²) in [5.74, 6) is -2.07. The fourth-order valence-corrected chi connectivity index (χ4v) is 2.97. The Balaban J connectivity index is 2.34. The highest BCUT2D eigenvalue weighted by atomic mass is 32.2. The Bertz CT molecular complexity index is 347. The largest absolute Gasteiger partial charge is 0.469 e. The second-order valence-corrected chi connectivity index (χ2v) is 5.52. The molecule has 0 aromatic heterocycles. The van der Waals surface area contributed by atoms with Crippen molar-refractivity contribution in [3.05, 3.63) is 0 Å². The number of alkyl halides is 3. The van der Waals surface area contributed by atoms with Gasteiger partial charge in [-0.25, -0.2) is 0 Å². The summed E-state index contributed by atoms with van der Waals surface area (Å²) in [5.41, 5.74) is -0.205. The predicted molar refractivity (Wildman–Crippen MR) is 60.8 cm³/mol. The van der Waals surface area contributed by atoms with Gasteiger partial charge in [0.2, 0.25) is 0 Å². The molecule has 0 radical (unpaired) electrons. The van der Waals surface area contributed by atoms with Gasteiger partial charge in [-0.05, 0) is 24.0 Å². The maximum atomic E-state index is 12.3. The van der Waals surface area contributed by atoms with Gasteiger partial charge in [-0.1, -0.05) is 0 Å². The summed E-state index contributed by atoms with van der Waals surface area (Å²) in [6.45, 7) is 0. The van der Waals surface area contributed by atoms with E-state index in [0.29, 0.717) is 5.75 Å². The summed E-state index contributed by atoms with van der Waals surface area (Å²) in [4.78, 5) is 11.1. The highest BCUT2D eigenvalue weighted by Gasteiger charge is 2.45. The summed E-state index contributed by atoms with van der Waals surface area (Å²) in [7, 11) is 1.29. The average molecular weight is 281 g/mol. The molecule has 3 nitrogen and oxygen atoms in total. The van der Waals surface area contributed by atoms with Crippen molar-refractivity contribution in [2.75, 3.05) is 18.6 Å². The first-order chi connectivity index (χ1) is 8.33. The van der Waals surface area contributed by atoms with Crippen LogP contribution in [0.1, 0.15) is 19.3 Å². The number of thioether (sulfide) groups is 1. The second kappa shape index (κ2) is 5.83. The Hall–Kier alpha value is -0.900. The number of nitrogens with zero attached hydrogens (tertiary/aromatic N) is 1. The van der Waals surface area contributed by atoms with Gasteiger partial charge in [-0.3, -0.25) is 4.79 Å². The smallest absolute Gasteiger partial charge is 0.405 e. The first kappa shape index (κ1) is 15.2. The van der Waals surface area contributed by atoms with E-state index in [2.05, 4.69) is 4.74 Å². The van der Waals surface area contributed by atoms with Crippen LogP contribution in [0.15, 0.2) is 0 Å². The van der Waals surface area contributed by atoms with E-state index in [1.807, 2.05) is 0 Å². The Labute approximate surface area is 108 Å². The highest BCUT2D eigenvalue weighted by Crippen LogP contribution is 2.51. The molecule has 1 rings (SSSR count). The van der Waals surface area contributed by atoms with Gasteiger partial charge in [-0.2, -0.15) is 30.2 Å². The molecular weight excluding hydrogens is 267 g/mol. The van der Waals surface area contributed by atoms with Gasteiger partial charge in [0.25, 0.3) is 0 Å². The second-order valence-electron chi connectivity index (χ2n) is 4.49. The van der Waals surface area contributed by atoms with E-state index < -0.39 is 12.1 Å². The Morgan fingerprint density at radius 3 is 2.56 bits per heavy atom. The molecule has 1 atom stereocenters. The summed E-state index contributed by atoms with van der Waals surface area (Å²) in [6, 6.07) is 1.26. The number of carbonyl (C=O) groups excluding carboxylic acids is 1. The van der Waals surface area contributed by atoms with E-state index in [4.69, 9.17) is 5.26 Å². The average Bonchev–Trinajstić information content (AvgIpc) is 3.03. The minimum absolute atomic E-state index is 0.205. The van der Waals surface area contributed by atoms with Crippen LogP contribution in [-0.4, -0.2) is 30.8 Å². The van der Waals surface area contributed by atoms with E-state index in [-0.39, 0.29) is 23.6 Å². The van der Waals surface area contributed by atoms with Crippen LogP contribution < -0.4 is 0 Å². The van der Waals surface area contributed by atoms with Crippen molar-refractivity contribution in [2.24, 2.45) is 11.3 Å². The van der Waals surface area contributed by atoms with E-state index >= 15 is 0 Å². The van der Waals surface area contributed by atoms with E-state index in [0.717, 1.165) is 24.6 Å². The van der Waals surface area contributed by atoms with Crippen LogP contribution in [0.4, 0.5) is 13.2 Å². The molecular formula is C11H14F3NO2S. The molecule has 0 bridgehead atoms. The monoisotopic (exact) mass is 281 g/mol. The van der Waals surface area contributed by atoms with Gasteiger partial charge >= 0.3 is 12.1 Å². The number of carbonyl (C=O) groups is 1. The topological polar surface area (TPSA) is 50.1 Å². The molecule has 0 N–H and O–H groups in total. The predicted octanol–water partition coefficient (Wildman–Crippen LogP) is 2.76. The fourth-order valence-electron chi connectivity index (χ4n) is 1.53. The van der Waals surface area contributed by atoms with E-state index in [1.54, 1.807) is 0 Å². The summed E-state index contributed by atoms with van der Waals surface area (Å²) < 4.78 is 41.5. The van der Waals surface area contributed by atoms with Crippen molar-refractivity contribution >= 4 is 17.7 Å². The number of hydrogen-bond donors (Lipinski definition) is 0. The van der Waals surface area contributed by atoms with E-state index in [9.17, 15) is 18.0 Å². The zero-order valence-electron chi connectivity index (χ0n) is 9.92. The van der Waals surface area contributed by atoms with Gasteiger partial charge in [0.05, 0.1) is 19.6 Å². The van der Waals surface area contributed by atoms with Crippen molar-refractivity contribution in [3.63, 3.8) is 0 Å². The lowest BCUT2D eigenvalue weighted by Crippen LogP contribution is -2.24. The normalized spacial score (nSPS) is 18.8. The SMILES string of the molecule is COC(=O)CC1(CSCC(C#N)C(F)(F)F)CC1. The van der Waals surface area contributed by atoms with Crippen molar-refractivity contribution in [1.29, 1.82) is 5.26 Å². The first-order valence-corrected chi connectivity index (χ1v) is 6.59. The van der Waals surface area contributed by atoms with Crippen LogP contribution in [0, 0.1) is 22.7 Å². The Morgan fingerprint density at radius 2 is 2.17 bits per heavy atom. The number of ether oxygens (including phenoxy) is 1. The molecule has 102 valence electrons. The molecule has 1 aliphatic carbocycles. The van der Waals surface area contributed by atoms with Crippen LogP contribution in [0.2, 0.25) is 0 Å². The zero-order valence-corrected chi connectivity index (χ0v) is 10.7. The molecule has 0 spiro atoms. The molecule has 7 heteroatoms. The lowest BCUT2D eigenvalue weighted by Gasteiger charge is -2.16. The third kappa shape index (κ3) is 4.41. The van der Waals surface area contributed by atoms with Crippen LogP contribution in [-0.2, 0) is 9.53 Å². The number of nitriles is 1. The number of halogens is 3. The van der Waals surface area contributed by atoms with Crippen molar-refractivity contribution in [2.45, 2.75) is 25.4 Å². The van der Waals surface area contributed by atoms with Crippen molar-refractivity contribution in [1.82, 2.24) is 0 Å². The third-order valence-corrected chi connectivity index (χ3v) is 4.33. The van der Waals surface area contributed by atoms with Gasteiger partial charge < -0.3 is 4.74 Å². The highest BCUT2D eigenvalue weighted by molar-refractivity contribution is 7.99. The maximum Gasteiger partial charge on any atom is 0.405 e. The van der Waals surface area contributed by atoms with Crippen LogP contribution in [0.3, 0.4) is 0 Å². The fraction of sp³-hybridized carbons (Fsp3) is 0.818. The summed E-state index contributed by atoms with van der Waals surface area (Å²) >= 11 is 1.08. The number of hydrogen-bond acceptors (Lipinski definition) is 4. The molecule has 0 heterocycles. The van der Waals surface area contributed by atoms with Crippen molar-refractivity contribution < 1.29 is 22.7 Å². The standard InChI is InChI=1S/C11H14F3NO2S/c1-17-9(16)4-10(2-3-10)7-18-6-8(5-15)11(12,13)14/h8H,2-4,6-7H2,1H3. The minimum atomic E-state index is -4.47. The molecule has 0 aromatic rings. The Kier molecular flexibility index (Phi) is 4.91. The molecule has 1 aliphatic rings. The molecule has 0 saturated heterocycles. The lowest BCUT2D eigenvalue weighted by atomic mass is 10.1. The third-order valence-electron chi connectivity index (χ3n) is 2.95. The number of rotatable bonds is 6. The number of esters is 1. The molecule has 0 aromatic carbocycles. The van der Waals surface area contributed by atoms with Crippen LogP contribution in [0.25, 0.3) is 0 Å². The quantitative estimate of drug-likeness (QED) is 0.702. The maximum absolute atomic E-state index is 12.3. The van der Waals surface area contributed by atoms with E-state index in [1.165, 1.54) is 13.2 Å². The summed E-state index contributed by atoms with van der Waals surface area (Å²) in [6.07, 6.45) is -2.56. The van der Waals surface area contributed by atoms with Gasteiger partial charge in [0.1, 0.15) is 0 Å². The summed E-state index contributed by atoms with van der Waals surface area (Å²) in [5, 5.41) is 8.43. The lowest BCUT2D eigenvalue weighted by molar-refractivity contribution is -0.153. The Morgan fingerprint density at radius 1 is 1.56 bits per heavy atom. The molecule has 0 amide bonds. The molecule has 1 fully saturated rings. The number of methoxy groups -OCH3 is 1. The van der Waals surface area contributed by atoms with Gasteiger partial charge in [0, 0.05) is 5.75 Å². The minimum Gasteiger partial charge on any atom is -0.469 e. The van der Waals surface area contributed by atoms with Crippen LogP contribution in [0.5, 0.6) is 0 Å². The molecule has 0 aliphatic heterocycles. The molecule has 1 saturated carbocycles. The van der Waals surface area contributed by atoms with Gasteiger partial charge in [-0.15, -0.1) is 0 Å².